The third kappa shape index (κ3) is 5.07. The van der Waals surface area contributed by atoms with Crippen molar-refractivity contribution in [2.24, 2.45) is 0 Å². The Balaban J connectivity index is 2.10. The molecule has 0 fully saturated rings. The van der Waals surface area contributed by atoms with Crippen LogP contribution in [0, 0.1) is 0 Å². The van der Waals surface area contributed by atoms with Crippen LogP contribution in [-0.4, -0.2) is 75.1 Å². The van der Waals surface area contributed by atoms with Gasteiger partial charge >= 0.3 is 0 Å². The van der Waals surface area contributed by atoms with E-state index < -0.39 is 23.5 Å². The molecule has 1 atom stereocenters. The number of carbonyl (C=O) groups is 2. The van der Waals surface area contributed by atoms with Crippen LogP contribution in [-0.2, 0) is 9.59 Å². The summed E-state index contributed by atoms with van der Waals surface area (Å²) in [5, 5.41) is 10.8. The molecule has 0 aliphatic carbocycles. The van der Waals surface area contributed by atoms with Crippen LogP contribution in [0.25, 0.3) is 6.08 Å². The van der Waals surface area contributed by atoms with Gasteiger partial charge in [0.2, 0.25) is 5.75 Å². The second-order valence-electron chi connectivity index (χ2n) is 8.03. The maximum absolute atomic E-state index is 13.3. The maximum Gasteiger partial charge on any atom is 0.290 e. The van der Waals surface area contributed by atoms with Crippen molar-refractivity contribution in [2.75, 3.05) is 48.5 Å². The van der Waals surface area contributed by atoms with E-state index in [1.54, 1.807) is 18.2 Å². The van der Waals surface area contributed by atoms with Gasteiger partial charge in [-0.3, -0.25) is 9.59 Å². The Labute approximate surface area is 199 Å². The van der Waals surface area contributed by atoms with Crippen LogP contribution in [0.2, 0.25) is 0 Å². The predicted octanol–water partition coefficient (Wildman–Crippen LogP) is 3.25. The molecule has 0 radical (unpaired) electrons. The van der Waals surface area contributed by atoms with Gasteiger partial charge < -0.3 is 29.1 Å². The van der Waals surface area contributed by atoms with Crippen molar-refractivity contribution in [2.45, 2.75) is 6.04 Å². The Kier molecular flexibility index (Phi) is 7.96. The molecule has 0 saturated carbocycles. The Morgan fingerprint density at radius 1 is 1.06 bits per heavy atom. The molecule has 1 amide bonds. The van der Waals surface area contributed by atoms with Crippen molar-refractivity contribution >= 4 is 17.8 Å². The Hall–Kier alpha value is -3.78. The van der Waals surface area contributed by atoms with Crippen LogP contribution in [0.3, 0.4) is 0 Å². The van der Waals surface area contributed by atoms with E-state index in [-0.39, 0.29) is 5.57 Å². The zero-order valence-corrected chi connectivity index (χ0v) is 20.1. The standard InChI is InChI=1S/C26H30N2O6/c1-27(2)13-14-28-23(18-15-20(32-3)25(34-5)21(16-18)33-4)22(24(30)26(28)31)19(29)12-11-17-9-7-6-8-10-17/h6-12,15-16,23,30H,13-14H2,1-5H3. The lowest BCUT2D eigenvalue weighted by Gasteiger charge is -2.28. The highest BCUT2D eigenvalue weighted by molar-refractivity contribution is 6.14. The van der Waals surface area contributed by atoms with Gasteiger partial charge in [0.25, 0.3) is 5.91 Å². The first-order valence-corrected chi connectivity index (χ1v) is 10.8. The van der Waals surface area contributed by atoms with Crippen molar-refractivity contribution in [1.29, 1.82) is 0 Å². The molecule has 1 aliphatic rings. The number of benzene rings is 2. The van der Waals surface area contributed by atoms with Crippen LogP contribution in [0.5, 0.6) is 17.2 Å². The fraction of sp³-hybridized carbons (Fsp3) is 0.308. The average Bonchev–Trinajstić information content (AvgIpc) is 3.10. The van der Waals surface area contributed by atoms with Gasteiger partial charge in [0, 0.05) is 13.1 Å². The lowest BCUT2D eigenvalue weighted by Crippen LogP contribution is -2.36. The van der Waals surface area contributed by atoms with E-state index in [2.05, 4.69) is 0 Å². The summed E-state index contributed by atoms with van der Waals surface area (Å²) < 4.78 is 16.4. The molecule has 0 bridgehead atoms. The van der Waals surface area contributed by atoms with Gasteiger partial charge in [-0.25, -0.2) is 0 Å². The molecule has 1 N–H and O–H groups in total. The number of likely N-dealkylation sites (N-methyl/N-ethyl adjacent to an activating group) is 1. The summed E-state index contributed by atoms with van der Waals surface area (Å²) in [5.41, 5.74) is 1.39. The lowest BCUT2D eigenvalue weighted by molar-refractivity contribution is -0.129. The topological polar surface area (TPSA) is 88.5 Å². The number of methoxy groups -OCH3 is 3. The van der Waals surface area contributed by atoms with E-state index in [9.17, 15) is 14.7 Å². The molecule has 1 aliphatic heterocycles. The van der Waals surface area contributed by atoms with Gasteiger partial charge in [0.05, 0.1) is 32.9 Å². The summed E-state index contributed by atoms with van der Waals surface area (Å²) in [4.78, 5) is 29.8. The summed E-state index contributed by atoms with van der Waals surface area (Å²) in [6.45, 7) is 0.845. The van der Waals surface area contributed by atoms with E-state index in [1.807, 2.05) is 49.3 Å². The number of nitrogens with zero attached hydrogens (tertiary/aromatic N) is 2. The molecular formula is C26H30N2O6. The molecule has 1 unspecified atom stereocenters. The fourth-order valence-corrected chi connectivity index (χ4v) is 3.88. The van der Waals surface area contributed by atoms with E-state index in [4.69, 9.17) is 14.2 Å². The van der Waals surface area contributed by atoms with Gasteiger partial charge in [0.1, 0.15) is 0 Å². The number of ketones is 1. The van der Waals surface area contributed by atoms with Crippen LogP contribution in [0.4, 0.5) is 0 Å². The minimum atomic E-state index is -0.825. The minimum Gasteiger partial charge on any atom is -0.503 e. The van der Waals surface area contributed by atoms with E-state index >= 15 is 0 Å². The van der Waals surface area contributed by atoms with Crippen molar-refractivity contribution in [1.82, 2.24) is 9.80 Å². The molecule has 2 aromatic rings. The molecule has 180 valence electrons. The van der Waals surface area contributed by atoms with Gasteiger partial charge in [0.15, 0.2) is 23.0 Å². The molecule has 8 nitrogen and oxygen atoms in total. The average molecular weight is 467 g/mol. The molecule has 3 rings (SSSR count). The van der Waals surface area contributed by atoms with E-state index in [0.29, 0.717) is 35.9 Å². The van der Waals surface area contributed by atoms with Crippen molar-refractivity contribution in [3.63, 3.8) is 0 Å². The summed E-state index contributed by atoms with van der Waals surface area (Å²) in [6, 6.07) is 11.9. The Morgan fingerprint density at radius 3 is 2.21 bits per heavy atom. The quantitative estimate of drug-likeness (QED) is 0.538. The molecule has 0 spiro atoms. The largest absolute Gasteiger partial charge is 0.503 e. The summed E-state index contributed by atoms with van der Waals surface area (Å²) in [5.74, 6) is -0.453. The van der Waals surface area contributed by atoms with Crippen LogP contribution < -0.4 is 14.2 Å². The first kappa shape index (κ1) is 24.9. The molecule has 1 heterocycles. The second-order valence-corrected chi connectivity index (χ2v) is 8.03. The first-order chi connectivity index (χ1) is 16.3. The van der Waals surface area contributed by atoms with Crippen molar-refractivity contribution in [3.05, 3.63) is 71.0 Å². The Bertz CT molecular complexity index is 1080. The minimum absolute atomic E-state index is 0.00482. The SMILES string of the molecule is COc1cc(C2C(C(=O)C=Cc3ccccc3)=C(O)C(=O)N2CCN(C)C)cc(OC)c1OC. The number of aliphatic hydroxyl groups excluding tert-OH is 1. The molecule has 8 heteroatoms. The summed E-state index contributed by atoms with van der Waals surface area (Å²) >= 11 is 0. The number of hydrogen-bond donors (Lipinski definition) is 1. The molecule has 2 aromatic carbocycles. The maximum atomic E-state index is 13.3. The number of allylic oxidation sites excluding steroid dienone is 1. The number of hydrogen-bond acceptors (Lipinski definition) is 7. The molecule has 0 saturated heterocycles. The van der Waals surface area contributed by atoms with Gasteiger partial charge in [-0.05, 0) is 43.4 Å². The highest BCUT2D eigenvalue weighted by Crippen LogP contribution is 2.45. The zero-order chi connectivity index (χ0) is 24.8. The third-order valence-electron chi connectivity index (χ3n) is 5.59. The molecular weight excluding hydrogens is 436 g/mol. The van der Waals surface area contributed by atoms with Crippen LogP contribution in [0.1, 0.15) is 17.2 Å². The summed E-state index contributed by atoms with van der Waals surface area (Å²) in [6.07, 6.45) is 3.02. The number of amides is 1. The Morgan fingerprint density at radius 2 is 1.68 bits per heavy atom. The second kappa shape index (κ2) is 10.9. The van der Waals surface area contributed by atoms with Crippen LogP contribution >= 0.6 is 0 Å². The van der Waals surface area contributed by atoms with Crippen molar-refractivity contribution < 1.29 is 28.9 Å². The highest BCUT2D eigenvalue weighted by atomic mass is 16.5. The first-order valence-electron chi connectivity index (χ1n) is 10.8. The van der Waals surface area contributed by atoms with Gasteiger partial charge in [-0.2, -0.15) is 0 Å². The number of ether oxygens (including phenoxy) is 3. The predicted molar refractivity (Wildman–Crippen MR) is 129 cm³/mol. The number of carbonyl (C=O) groups excluding carboxylic acids is 2. The zero-order valence-electron chi connectivity index (χ0n) is 20.1. The van der Waals surface area contributed by atoms with E-state index in [1.165, 1.54) is 32.3 Å². The monoisotopic (exact) mass is 466 g/mol. The normalized spacial score (nSPS) is 16.0. The van der Waals surface area contributed by atoms with Crippen molar-refractivity contribution in [3.8, 4) is 17.2 Å². The van der Waals surface area contributed by atoms with Gasteiger partial charge in [-0.1, -0.05) is 36.4 Å². The van der Waals surface area contributed by atoms with Crippen LogP contribution in [0.15, 0.2) is 59.9 Å². The number of rotatable bonds is 10. The smallest absolute Gasteiger partial charge is 0.290 e. The van der Waals surface area contributed by atoms with E-state index in [0.717, 1.165) is 5.56 Å². The third-order valence-corrected chi connectivity index (χ3v) is 5.59. The fourth-order valence-electron chi connectivity index (χ4n) is 3.88. The number of aliphatic hydroxyl groups is 1. The van der Waals surface area contributed by atoms with Gasteiger partial charge in [-0.15, -0.1) is 0 Å². The summed E-state index contributed by atoms with van der Waals surface area (Å²) in [7, 11) is 8.25. The molecule has 0 aromatic heterocycles. The molecule has 34 heavy (non-hydrogen) atoms. The highest BCUT2D eigenvalue weighted by Gasteiger charge is 2.43. The lowest BCUT2D eigenvalue weighted by atomic mass is 9.94.